The van der Waals surface area contributed by atoms with E-state index in [2.05, 4.69) is 5.32 Å². The minimum Gasteiger partial charge on any atom is -0.486 e. The number of alkyl halides is 2. The summed E-state index contributed by atoms with van der Waals surface area (Å²) in [7, 11) is -4.45. The largest absolute Gasteiger partial charge is 0.486 e. The second-order valence-corrected chi connectivity index (χ2v) is 8.58. The van der Waals surface area contributed by atoms with Crippen LogP contribution in [-0.2, 0) is 10.0 Å². The van der Waals surface area contributed by atoms with Crippen molar-refractivity contribution in [3.05, 3.63) is 23.8 Å². The SMILES string of the molecule is CC(NCC1CCN(S(=O)(=O)C(F)F)CC1)c1ccc2c(c1)OCCO2. The van der Waals surface area contributed by atoms with Crippen LogP contribution < -0.4 is 14.8 Å². The first kappa shape index (κ1) is 19.3. The molecule has 2 aliphatic rings. The highest BCUT2D eigenvalue weighted by molar-refractivity contribution is 7.89. The van der Waals surface area contributed by atoms with Crippen molar-refractivity contribution in [2.45, 2.75) is 31.6 Å². The van der Waals surface area contributed by atoms with Crippen LogP contribution in [0.1, 0.15) is 31.4 Å². The van der Waals surface area contributed by atoms with Crippen LogP contribution in [-0.4, -0.2) is 51.3 Å². The number of halogens is 2. The maximum Gasteiger partial charge on any atom is 0.350 e. The molecule has 3 rings (SSSR count). The second kappa shape index (κ2) is 8.06. The van der Waals surface area contributed by atoms with Crippen LogP contribution in [0.4, 0.5) is 8.78 Å². The summed E-state index contributed by atoms with van der Waals surface area (Å²) in [6.07, 6.45) is 1.15. The standard InChI is InChI=1S/C17H24F2N2O4S/c1-12(14-2-3-15-16(10-14)25-9-8-24-15)20-11-13-4-6-21(7-5-13)26(22,23)17(18)19/h2-3,10,12-13,17,20H,4-9,11H2,1H3. The molecule has 1 aromatic carbocycles. The smallest absolute Gasteiger partial charge is 0.350 e. The Hall–Kier alpha value is -1.45. The van der Waals surface area contributed by atoms with Crippen LogP contribution in [0.5, 0.6) is 11.5 Å². The monoisotopic (exact) mass is 390 g/mol. The third-order valence-corrected chi connectivity index (χ3v) is 6.47. The molecule has 0 spiro atoms. The molecule has 1 unspecified atom stereocenters. The summed E-state index contributed by atoms with van der Waals surface area (Å²) in [6.45, 7) is 4.15. The zero-order valence-electron chi connectivity index (χ0n) is 14.7. The molecular formula is C17H24F2N2O4S. The van der Waals surface area contributed by atoms with Gasteiger partial charge in [-0.05, 0) is 49.9 Å². The van der Waals surface area contributed by atoms with Gasteiger partial charge in [0.25, 0.3) is 10.0 Å². The molecule has 146 valence electrons. The molecule has 1 aromatic rings. The Bertz CT molecular complexity index is 721. The lowest BCUT2D eigenvalue weighted by Gasteiger charge is -2.31. The highest BCUT2D eigenvalue weighted by Gasteiger charge is 2.34. The van der Waals surface area contributed by atoms with Crippen molar-refractivity contribution in [3.8, 4) is 11.5 Å². The topological polar surface area (TPSA) is 67.9 Å². The number of ether oxygens (including phenoxy) is 2. The Morgan fingerprint density at radius 2 is 1.85 bits per heavy atom. The van der Waals surface area contributed by atoms with Gasteiger partial charge >= 0.3 is 5.76 Å². The van der Waals surface area contributed by atoms with Crippen LogP contribution in [0.15, 0.2) is 18.2 Å². The number of sulfonamides is 1. The van der Waals surface area contributed by atoms with Gasteiger partial charge < -0.3 is 14.8 Å². The Labute approximate surface area is 152 Å². The van der Waals surface area contributed by atoms with Gasteiger partial charge in [-0.2, -0.15) is 13.1 Å². The fourth-order valence-electron chi connectivity index (χ4n) is 3.27. The lowest BCUT2D eigenvalue weighted by molar-refractivity contribution is 0.171. The summed E-state index contributed by atoms with van der Waals surface area (Å²) in [6, 6.07) is 5.94. The van der Waals surface area contributed by atoms with Crippen molar-refractivity contribution in [2.24, 2.45) is 5.92 Å². The molecule has 1 fully saturated rings. The molecule has 26 heavy (non-hydrogen) atoms. The number of fused-ring (bicyclic) bond motifs is 1. The molecule has 6 nitrogen and oxygen atoms in total. The van der Waals surface area contributed by atoms with Gasteiger partial charge in [-0.25, -0.2) is 8.42 Å². The van der Waals surface area contributed by atoms with Crippen LogP contribution in [0.3, 0.4) is 0 Å². The van der Waals surface area contributed by atoms with Crippen LogP contribution in [0, 0.1) is 5.92 Å². The number of piperidine rings is 1. The molecule has 1 atom stereocenters. The van der Waals surface area contributed by atoms with Gasteiger partial charge in [-0.15, -0.1) is 0 Å². The van der Waals surface area contributed by atoms with Crippen LogP contribution >= 0.6 is 0 Å². The zero-order chi connectivity index (χ0) is 18.7. The number of hydrogen-bond donors (Lipinski definition) is 1. The Kier molecular flexibility index (Phi) is 5.99. The van der Waals surface area contributed by atoms with Gasteiger partial charge in [0.15, 0.2) is 11.5 Å². The van der Waals surface area contributed by atoms with E-state index < -0.39 is 15.8 Å². The highest BCUT2D eigenvalue weighted by Crippen LogP contribution is 2.32. The summed E-state index contributed by atoms with van der Waals surface area (Å²) >= 11 is 0. The quantitative estimate of drug-likeness (QED) is 0.808. The molecule has 0 radical (unpaired) electrons. The molecule has 0 amide bonds. The van der Waals surface area contributed by atoms with Crippen molar-refractivity contribution < 1.29 is 26.7 Å². The summed E-state index contributed by atoms with van der Waals surface area (Å²) in [5.74, 6) is -1.58. The normalized spacial score (nSPS) is 20.3. The Balaban J connectivity index is 1.49. The van der Waals surface area contributed by atoms with Crippen molar-refractivity contribution >= 4 is 10.0 Å². The van der Waals surface area contributed by atoms with Crippen molar-refractivity contribution in [3.63, 3.8) is 0 Å². The summed E-state index contributed by atoms with van der Waals surface area (Å²) in [5, 5.41) is 3.44. The fraction of sp³-hybridized carbons (Fsp3) is 0.647. The van der Waals surface area contributed by atoms with E-state index in [0.29, 0.717) is 32.6 Å². The van der Waals surface area contributed by atoms with Gasteiger partial charge in [0.2, 0.25) is 0 Å². The van der Waals surface area contributed by atoms with E-state index in [1.165, 1.54) is 0 Å². The number of nitrogens with zero attached hydrogens (tertiary/aromatic N) is 1. The van der Waals surface area contributed by atoms with Crippen LogP contribution in [0.25, 0.3) is 0 Å². The van der Waals surface area contributed by atoms with E-state index in [0.717, 1.165) is 21.4 Å². The minimum atomic E-state index is -4.45. The highest BCUT2D eigenvalue weighted by atomic mass is 32.2. The van der Waals surface area contributed by atoms with E-state index in [1.807, 2.05) is 25.1 Å². The van der Waals surface area contributed by atoms with Gasteiger partial charge in [0, 0.05) is 19.1 Å². The molecule has 0 aromatic heterocycles. The molecule has 9 heteroatoms. The predicted molar refractivity (Wildman–Crippen MR) is 93.1 cm³/mol. The predicted octanol–water partition coefficient (Wildman–Crippen LogP) is 2.37. The van der Waals surface area contributed by atoms with E-state index in [1.54, 1.807) is 0 Å². The number of hydrogen-bond acceptors (Lipinski definition) is 5. The number of rotatable bonds is 6. The third-order valence-electron chi connectivity index (χ3n) is 4.94. The maximum absolute atomic E-state index is 12.6. The summed E-state index contributed by atoms with van der Waals surface area (Å²) in [5.41, 5.74) is 1.08. The van der Waals surface area contributed by atoms with E-state index in [4.69, 9.17) is 9.47 Å². The molecule has 0 bridgehead atoms. The third kappa shape index (κ3) is 4.27. The van der Waals surface area contributed by atoms with Crippen LogP contribution in [0.2, 0.25) is 0 Å². The molecule has 2 aliphatic heterocycles. The first-order valence-corrected chi connectivity index (χ1v) is 10.3. The van der Waals surface area contributed by atoms with E-state index in [-0.39, 0.29) is 25.0 Å². The van der Waals surface area contributed by atoms with Crippen molar-refractivity contribution in [2.75, 3.05) is 32.8 Å². The van der Waals surface area contributed by atoms with E-state index in [9.17, 15) is 17.2 Å². The maximum atomic E-state index is 12.6. The summed E-state index contributed by atoms with van der Waals surface area (Å²) in [4.78, 5) is 0. The van der Waals surface area contributed by atoms with Crippen molar-refractivity contribution in [1.29, 1.82) is 0 Å². The number of benzene rings is 1. The van der Waals surface area contributed by atoms with Gasteiger partial charge in [0.1, 0.15) is 13.2 Å². The zero-order valence-corrected chi connectivity index (χ0v) is 15.5. The first-order chi connectivity index (χ1) is 12.4. The minimum absolute atomic E-state index is 0.0913. The Morgan fingerprint density at radius 1 is 1.19 bits per heavy atom. The second-order valence-electron chi connectivity index (χ2n) is 6.68. The average Bonchev–Trinajstić information content (AvgIpc) is 2.66. The van der Waals surface area contributed by atoms with Gasteiger partial charge in [0.05, 0.1) is 0 Å². The first-order valence-electron chi connectivity index (χ1n) is 8.78. The molecule has 0 saturated carbocycles. The molecule has 1 N–H and O–H groups in total. The van der Waals surface area contributed by atoms with Crippen molar-refractivity contribution in [1.82, 2.24) is 9.62 Å². The average molecular weight is 390 g/mol. The lowest BCUT2D eigenvalue weighted by Crippen LogP contribution is -2.43. The molecule has 2 heterocycles. The number of nitrogens with one attached hydrogen (secondary N) is 1. The lowest BCUT2D eigenvalue weighted by atomic mass is 9.97. The van der Waals surface area contributed by atoms with E-state index >= 15 is 0 Å². The van der Waals surface area contributed by atoms with Gasteiger partial charge in [-0.1, -0.05) is 6.07 Å². The van der Waals surface area contributed by atoms with Gasteiger partial charge in [-0.3, -0.25) is 0 Å². The Morgan fingerprint density at radius 3 is 2.50 bits per heavy atom. The molecule has 1 saturated heterocycles. The molecule has 0 aliphatic carbocycles. The summed E-state index contributed by atoms with van der Waals surface area (Å²) < 4.78 is 60.2. The fourth-order valence-corrected chi connectivity index (χ4v) is 4.22. The molecular weight excluding hydrogens is 366 g/mol.